The van der Waals surface area contributed by atoms with Gasteiger partial charge in [0, 0.05) is 5.92 Å². The quantitative estimate of drug-likeness (QED) is 0.283. The summed E-state index contributed by atoms with van der Waals surface area (Å²) >= 11 is 1.19. The molecular weight excluding hydrogens is 276 g/mol. The van der Waals surface area contributed by atoms with Crippen LogP contribution in [0.1, 0.15) is 39.5 Å². The highest BCUT2D eigenvalue weighted by atomic mass is 32.2. The van der Waals surface area contributed by atoms with Gasteiger partial charge in [0.2, 0.25) is 11.8 Å². The summed E-state index contributed by atoms with van der Waals surface area (Å²) in [4.78, 5) is 11.1. The molecule has 1 aromatic rings. The highest BCUT2D eigenvalue weighted by molar-refractivity contribution is 7.99. The maximum atomic E-state index is 11.1. The van der Waals surface area contributed by atoms with E-state index in [-0.39, 0.29) is 23.0 Å². The Morgan fingerprint density at radius 1 is 1.50 bits per heavy atom. The third-order valence-corrected chi connectivity index (χ3v) is 4.42. The fourth-order valence-electron chi connectivity index (χ4n) is 2.39. The average Bonchev–Trinajstić information content (AvgIpc) is 2.77. The molecular formula is C13H20N4O2S. The summed E-state index contributed by atoms with van der Waals surface area (Å²) < 4.78 is 5.64. The van der Waals surface area contributed by atoms with Crippen molar-refractivity contribution in [1.29, 1.82) is 0 Å². The Morgan fingerprint density at radius 2 is 2.20 bits per heavy atom. The molecule has 1 aliphatic carbocycles. The molecule has 0 radical (unpaired) electrons. The summed E-state index contributed by atoms with van der Waals surface area (Å²) in [5.74, 6) is 6.24. The minimum absolute atomic E-state index is 0.139. The number of nitrogens with zero attached hydrogens (tertiary/aromatic N) is 2. The Balaban J connectivity index is 2.03. The van der Waals surface area contributed by atoms with Crippen molar-refractivity contribution in [2.75, 3.05) is 5.75 Å². The number of carbonyl (C=O) groups excluding carboxylic acids is 1. The zero-order chi connectivity index (χ0) is 14.9. The molecule has 1 fully saturated rings. The predicted molar refractivity (Wildman–Crippen MR) is 76.8 cm³/mol. The molecule has 0 aromatic carbocycles. The first-order valence-electron chi connectivity index (χ1n) is 6.47. The van der Waals surface area contributed by atoms with E-state index in [2.05, 4.69) is 49.4 Å². The summed E-state index contributed by atoms with van der Waals surface area (Å²) in [6.45, 7) is 8.57. The summed E-state index contributed by atoms with van der Waals surface area (Å²) in [6.07, 6.45) is 2.25. The molecule has 1 saturated carbocycles. The first-order valence-corrected chi connectivity index (χ1v) is 7.45. The second kappa shape index (κ2) is 5.57. The number of nitrogens with two attached hydrogens (primary N) is 1. The molecule has 1 aliphatic rings. The molecule has 1 amide bonds. The molecule has 20 heavy (non-hydrogen) atoms. The van der Waals surface area contributed by atoms with Crippen molar-refractivity contribution < 1.29 is 9.21 Å². The topological polar surface area (TPSA) is 94.0 Å². The van der Waals surface area contributed by atoms with E-state index in [0.29, 0.717) is 17.0 Å². The van der Waals surface area contributed by atoms with Gasteiger partial charge in [0.05, 0.1) is 5.75 Å². The summed E-state index contributed by atoms with van der Waals surface area (Å²) in [5, 5.41) is 8.48. The average molecular weight is 296 g/mol. The molecule has 1 aromatic heterocycles. The van der Waals surface area contributed by atoms with Gasteiger partial charge in [-0.25, -0.2) is 5.84 Å². The molecule has 7 heteroatoms. The van der Waals surface area contributed by atoms with Gasteiger partial charge in [-0.15, -0.1) is 10.2 Å². The Morgan fingerprint density at radius 3 is 2.80 bits per heavy atom. The Bertz CT molecular complexity index is 534. The van der Waals surface area contributed by atoms with Crippen LogP contribution in [0.4, 0.5) is 0 Å². The molecule has 6 nitrogen and oxygen atoms in total. The molecule has 2 rings (SSSR count). The molecule has 0 spiro atoms. The van der Waals surface area contributed by atoms with Gasteiger partial charge in [0.15, 0.2) is 0 Å². The van der Waals surface area contributed by atoms with Crippen LogP contribution in [0.3, 0.4) is 0 Å². The van der Waals surface area contributed by atoms with Crippen molar-refractivity contribution in [2.24, 2.45) is 17.2 Å². The van der Waals surface area contributed by atoms with E-state index in [1.165, 1.54) is 17.3 Å². The van der Waals surface area contributed by atoms with Gasteiger partial charge in [0.1, 0.15) is 0 Å². The van der Waals surface area contributed by atoms with Crippen LogP contribution in [0.2, 0.25) is 0 Å². The highest BCUT2D eigenvalue weighted by Crippen LogP contribution is 2.65. The molecule has 3 N–H and O–H groups in total. The number of nitrogens with one attached hydrogen (secondary N) is 1. The lowest BCUT2D eigenvalue weighted by Gasteiger charge is -1.97. The van der Waals surface area contributed by atoms with Gasteiger partial charge in [0.25, 0.3) is 5.22 Å². The number of thioether (sulfide) groups is 1. The van der Waals surface area contributed by atoms with Crippen molar-refractivity contribution in [1.82, 2.24) is 15.6 Å². The third kappa shape index (κ3) is 3.04. The number of carbonyl (C=O) groups is 1. The van der Waals surface area contributed by atoms with Crippen molar-refractivity contribution in [3.8, 4) is 0 Å². The van der Waals surface area contributed by atoms with Gasteiger partial charge in [-0.1, -0.05) is 37.3 Å². The second-order valence-electron chi connectivity index (χ2n) is 5.83. The molecule has 0 saturated heterocycles. The molecule has 0 aliphatic heterocycles. The number of hydrazine groups is 1. The maximum Gasteiger partial charge on any atom is 0.277 e. The third-order valence-electron chi connectivity index (χ3n) is 3.60. The van der Waals surface area contributed by atoms with Gasteiger partial charge < -0.3 is 4.42 Å². The zero-order valence-electron chi connectivity index (χ0n) is 12.1. The van der Waals surface area contributed by atoms with Crippen LogP contribution in [-0.4, -0.2) is 21.9 Å². The highest BCUT2D eigenvalue weighted by Gasteiger charge is 2.59. The van der Waals surface area contributed by atoms with Gasteiger partial charge in [-0.05, 0) is 25.2 Å². The van der Waals surface area contributed by atoms with Crippen LogP contribution in [0.25, 0.3) is 0 Å². The molecule has 0 unspecified atom stereocenters. The molecule has 1 heterocycles. The van der Waals surface area contributed by atoms with E-state index >= 15 is 0 Å². The van der Waals surface area contributed by atoms with Crippen LogP contribution in [0, 0.1) is 11.3 Å². The van der Waals surface area contributed by atoms with Crippen LogP contribution in [0.5, 0.6) is 0 Å². The Labute approximate surface area is 122 Å². The summed E-state index contributed by atoms with van der Waals surface area (Å²) in [5.41, 5.74) is 3.49. The summed E-state index contributed by atoms with van der Waals surface area (Å²) in [6, 6.07) is 0. The number of hydrogen-bond acceptors (Lipinski definition) is 6. The van der Waals surface area contributed by atoms with E-state index in [9.17, 15) is 4.79 Å². The summed E-state index contributed by atoms with van der Waals surface area (Å²) in [7, 11) is 0. The van der Waals surface area contributed by atoms with Crippen LogP contribution >= 0.6 is 11.8 Å². The molecule has 110 valence electrons. The van der Waals surface area contributed by atoms with Gasteiger partial charge >= 0.3 is 0 Å². The van der Waals surface area contributed by atoms with E-state index in [4.69, 9.17) is 10.3 Å². The van der Waals surface area contributed by atoms with E-state index < -0.39 is 0 Å². The molecule has 2 atom stereocenters. The number of rotatable bonds is 5. The normalized spacial score (nSPS) is 23.2. The number of amides is 1. The smallest absolute Gasteiger partial charge is 0.277 e. The second-order valence-corrected chi connectivity index (χ2v) is 6.76. The lowest BCUT2D eigenvalue weighted by molar-refractivity contribution is -0.118. The first-order chi connectivity index (χ1) is 9.36. The number of aromatic nitrogens is 2. The van der Waals surface area contributed by atoms with Crippen LogP contribution in [-0.2, 0) is 4.79 Å². The van der Waals surface area contributed by atoms with E-state index in [1.807, 2.05) is 0 Å². The van der Waals surface area contributed by atoms with Gasteiger partial charge in [-0.3, -0.25) is 10.2 Å². The minimum Gasteiger partial charge on any atom is -0.416 e. The number of allylic oxidation sites excluding steroid dienone is 2. The largest absolute Gasteiger partial charge is 0.416 e. The van der Waals surface area contributed by atoms with Gasteiger partial charge in [-0.2, -0.15) is 0 Å². The minimum atomic E-state index is -0.274. The van der Waals surface area contributed by atoms with Crippen LogP contribution < -0.4 is 11.3 Å². The van der Waals surface area contributed by atoms with Crippen molar-refractivity contribution in [3.05, 3.63) is 17.5 Å². The van der Waals surface area contributed by atoms with Crippen molar-refractivity contribution in [3.63, 3.8) is 0 Å². The van der Waals surface area contributed by atoms with Crippen molar-refractivity contribution in [2.45, 2.75) is 38.8 Å². The standard InChI is InChI=1S/C13H20N4O2S/c1-7(2)5-8-10(13(8,3)4)11-16-17-12(19-11)20-6-9(18)15-14/h5,8,10H,6,14H2,1-4H3,(H,15,18)/t8-,10+/m1/s1. The predicted octanol–water partition coefficient (Wildman–Crippen LogP) is 1.86. The first kappa shape index (κ1) is 15.1. The molecule has 0 bridgehead atoms. The SMILES string of the molecule is CC(C)=C[C@@H]1[C@@H](c2nnc(SCC(=O)NN)o2)C1(C)C. The lowest BCUT2D eigenvalue weighted by atomic mass is 10.1. The van der Waals surface area contributed by atoms with Crippen LogP contribution in [0.15, 0.2) is 21.3 Å². The lowest BCUT2D eigenvalue weighted by Crippen LogP contribution is -2.31. The fourth-order valence-corrected chi connectivity index (χ4v) is 2.97. The van der Waals surface area contributed by atoms with Crippen molar-refractivity contribution >= 4 is 17.7 Å². The monoisotopic (exact) mass is 296 g/mol. The fraction of sp³-hybridized carbons (Fsp3) is 0.615. The Kier molecular flexibility index (Phi) is 4.19. The number of hydrogen-bond donors (Lipinski definition) is 2. The van der Waals surface area contributed by atoms with E-state index in [1.54, 1.807) is 0 Å². The zero-order valence-corrected chi connectivity index (χ0v) is 13.0. The van der Waals surface area contributed by atoms with E-state index in [0.717, 1.165) is 0 Å². The maximum absolute atomic E-state index is 11.1. The Hall–Kier alpha value is -1.34.